The maximum Gasteiger partial charge on any atom is 0.315 e. The topological polar surface area (TPSA) is 174 Å². The number of nitrogens with zero attached hydrogens (tertiary/aromatic N) is 2. The van der Waals surface area contributed by atoms with E-state index in [-0.39, 0.29) is 56.5 Å². The molecular weight excluding hydrogens is 640 g/mol. The number of ketones is 1. The number of likely N-dealkylation sites (tertiary alicyclic amines) is 2. The third-order valence-corrected chi connectivity index (χ3v) is 9.46. The minimum Gasteiger partial charge on any atom is -0.349 e. The van der Waals surface area contributed by atoms with Gasteiger partial charge in [-0.2, -0.15) is 0 Å². The first-order valence-electron chi connectivity index (χ1n) is 18.0. The molecule has 5 atom stereocenters. The van der Waals surface area contributed by atoms with Gasteiger partial charge in [0.1, 0.15) is 12.1 Å². The van der Waals surface area contributed by atoms with Gasteiger partial charge in [0.15, 0.2) is 0 Å². The number of hydrogen-bond donors (Lipinski definition) is 4. The number of unbranched alkanes of at least 4 members (excludes halogenated alkanes) is 1. The molecule has 0 saturated carbocycles. The van der Waals surface area contributed by atoms with Crippen LogP contribution in [-0.4, -0.2) is 95.0 Å². The Morgan fingerprint density at radius 3 is 2.02 bits per heavy atom. The number of carbonyl (C=O) groups is 7. The number of rotatable bonds is 15. The van der Waals surface area contributed by atoms with Gasteiger partial charge in [-0.05, 0) is 41.4 Å². The summed E-state index contributed by atoms with van der Waals surface area (Å²) in [5.41, 5.74) is -1.78. The van der Waals surface area contributed by atoms with E-state index in [1.54, 1.807) is 26.8 Å². The molecule has 0 radical (unpaired) electrons. The first-order valence-corrected chi connectivity index (χ1v) is 18.0. The molecule has 2 heterocycles. The molecule has 0 bridgehead atoms. The molecule has 50 heavy (non-hydrogen) atoms. The van der Waals surface area contributed by atoms with E-state index < -0.39 is 69.9 Å². The number of urea groups is 1. The predicted molar refractivity (Wildman–Crippen MR) is 191 cm³/mol. The highest BCUT2D eigenvalue weighted by Crippen LogP contribution is 2.33. The molecule has 2 saturated heterocycles. The highest BCUT2D eigenvalue weighted by molar-refractivity contribution is 6.38. The zero-order valence-corrected chi connectivity index (χ0v) is 32.0. The molecule has 1 unspecified atom stereocenters. The van der Waals surface area contributed by atoms with Crippen molar-refractivity contribution in [2.45, 2.75) is 138 Å². The Morgan fingerprint density at radius 2 is 1.52 bits per heavy atom. The fraction of sp³-hybridized carbons (Fsp3) is 0.757. The Kier molecular flexibility index (Phi) is 14.8. The van der Waals surface area contributed by atoms with Crippen LogP contribution in [0.25, 0.3) is 0 Å². The molecule has 4 N–H and O–H groups in total. The van der Waals surface area contributed by atoms with Gasteiger partial charge in [0.25, 0.3) is 5.91 Å². The average molecular weight is 703 g/mol. The van der Waals surface area contributed by atoms with Crippen molar-refractivity contribution in [3.8, 4) is 0 Å². The highest BCUT2D eigenvalue weighted by Gasteiger charge is 2.46. The van der Waals surface area contributed by atoms with E-state index in [9.17, 15) is 33.6 Å². The van der Waals surface area contributed by atoms with Crippen LogP contribution in [0.1, 0.15) is 114 Å². The van der Waals surface area contributed by atoms with Gasteiger partial charge < -0.3 is 26.2 Å². The lowest BCUT2D eigenvalue weighted by Gasteiger charge is -2.40. The van der Waals surface area contributed by atoms with E-state index in [1.165, 1.54) is 9.80 Å². The van der Waals surface area contributed by atoms with Crippen molar-refractivity contribution in [3.05, 3.63) is 12.7 Å². The SMILES string of the molecule is C=C[C@@H]1C[C@@H](C(=O)NC(CCCC)C(=O)C(=O)NCCC)N(C(=O)[C@@H](NC(=O)N[C@H](CN2C(=O)CC(C)(C)CC2=O)C(C)(C)C)C(C)(C)C)C1. The summed E-state index contributed by atoms with van der Waals surface area (Å²) in [7, 11) is 0. The van der Waals surface area contributed by atoms with Gasteiger partial charge in [0.05, 0.1) is 12.1 Å². The molecule has 0 aromatic carbocycles. The van der Waals surface area contributed by atoms with Crippen LogP contribution >= 0.6 is 0 Å². The number of amides is 7. The number of hydrogen-bond acceptors (Lipinski definition) is 7. The van der Waals surface area contributed by atoms with Gasteiger partial charge in [0, 0.05) is 32.5 Å². The summed E-state index contributed by atoms with van der Waals surface area (Å²) in [6, 6.07) is -4.36. The fourth-order valence-electron chi connectivity index (χ4n) is 6.24. The quantitative estimate of drug-likeness (QED) is 0.115. The molecule has 2 aliphatic rings. The molecule has 0 spiro atoms. The molecule has 7 amide bonds. The van der Waals surface area contributed by atoms with E-state index in [2.05, 4.69) is 27.8 Å². The number of Topliss-reactive ketones (excluding diaryl/α,β-unsaturated/α-hetero) is 1. The summed E-state index contributed by atoms with van der Waals surface area (Å²) >= 11 is 0. The van der Waals surface area contributed by atoms with Crippen LogP contribution in [0.4, 0.5) is 4.79 Å². The summed E-state index contributed by atoms with van der Waals surface area (Å²) in [5.74, 6) is -3.31. The van der Waals surface area contributed by atoms with E-state index in [4.69, 9.17) is 0 Å². The normalized spacial score (nSPS) is 21.2. The molecule has 2 aliphatic heterocycles. The zero-order valence-electron chi connectivity index (χ0n) is 32.0. The van der Waals surface area contributed by atoms with E-state index >= 15 is 0 Å². The van der Waals surface area contributed by atoms with Gasteiger partial charge in [0.2, 0.25) is 29.4 Å². The van der Waals surface area contributed by atoms with Crippen LogP contribution in [0.2, 0.25) is 0 Å². The fourth-order valence-corrected chi connectivity index (χ4v) is 6.24. The molecule has 13 heteroatoms. The molecule has 0 aliphatic carbocycles. The van der Waals surface area contributed by atoms with Gasteiger partial charge in [-0.3, -0.25) is 33.7 Å². The van der Waals surface area contributed by atoms with Gasteiger partial charge >= 0.3 is 6.03 Å². The second kappa shape index (κ2) is 17.4. The second-order valence-corrected chi connectivity index (χ2v) is 16.8. The molecule has 282 valence electrons. The third-order valence-electron chi connectivity index (χ3n) is 9.46. The highest BCUT2D eigenvalue weighted by atomic mass is 16.2. The van der Waals surface area contributed by atoms with Crippen molar-refractivity contribution in [3.63, 3.8) is 0 Å². The Bertz CT molecular complexity index is 1280. The smallest absolute Gasteiger partial charge is 0.315 e. The minimum atomic E-state index is -1.07. The van der Waals surface area contributed by atoms with Crippen molar-refractivity contribution in [1.29, 1.82) is 0 Å². The number of imide groups is 1. The summed E-state index contributed by atoms with van der Waals surface area (Å²) in [6.07, 6.45) is 4.68. The van der Waals surface area contributed by atoms with Crippen molar-refractivity contribution in [1.82, 2.24) is 31.1 Å². The van der Waals surface area contributed by atoms with Crippen LogP contribution in [-0.2, 0) is 28.8 Å². The average Bonchev–Trinajstić information content (AvgIpc) is 3.44. The zero-order chi connectivity index (χ0) is 38.2. The maximum absolute atomic E-state index is 14.3. The Morgan fingerprint density at radius 1 is 0.920 bits per heavy atom. The van der Waals surface area contributed by atoms with E-state index in [0.717, 1.165) is 6.42 Å². The Hall–Kier alpha value is -3.77. The number of carbonyl (C=O) groups excluding carboxylic acids is 7. The predicted octanol–water partition coefficient (Wildman–Crippen LogP) is 3.46. The molecule has 2 rings (SSSR count). The van der Waals surface area contributed by atoms with Crippen molar-refractivity contribution < 1.29 is 33.6 Å². The molecular formula is C37H62N6O7. The monoisotopic (exact) mass is 702 g/mol. The van der Waals surface area contributed by atoms with E-state index in [0.29, 0.717) is 19.4 Å². The molecule has 0 aromatic rings. The summed E-state index contributed by atoms with van der Waals surface area (Å²) in [5, 5.41) is 11.1. The molecule has 2 fully saturated rings. The lowest BCUT2D eigenvalue weighted by atomic mass is 9.80. The van der Waals surface area contributed by atoms with Crippen LogP contribution in [0.3, 0.4) is 0 Å². The minimum absolute atomic E-state index is 0.0113. The first-order chi connectivity index (χ1) is 23.1. The molecule has 13 nitrogen and oxygen atoms in total. The van der Waals surface area contributed by atoms with Crippen molar-refractivity contribution >= 4 is 41.4 Å². The summed E-state index contributed by atoms with van der Waals surface area (Å²) in [4.78, 5) is 95.8. The van der Waals surface area contributed by atoms with Crippen molar-refractivity contribution in [2.24, 2.45) is 22.2 Å². The lowest BCUT2D eigenvalue weighted by Crippen LogP contribution is -2.62. The second-order valence-electron chi connectivity index (χ2n) is 16.8. The Balaban J connectivity index is 2.30. The van der Waals surface area contributed by atoms with Crippen LogP contribution in [0.15, 0.2) is 12.7 Å². The van der Waals surface area contributed by atoms with Crippen LogP contribution < -0.4 is 21.3 Å². The Labute approximate surface area is 298 Å². The van der Waals surface area contributed by atoms with Gasteiger partial charge in [-0.15, -0.1) is 6.58 Å². The third kappa shape index (κ3) is 11.7. The van der Waals surface area contributed by atoms with Crippen molar-refractivity contribution in [2.75, 3.05) is 19.6 Å². The number of piperidine rings is 1. The molecule has 0 aromatic heterocycles. The van der Waals surface area contributed by atoms with Crippen LogP contribution in [0, 0.1) is 22.2 Å². The lowest BCUT2D eigenvalue weighted by molar-refractivity contribution is -0.153. The van der Waals surface area contributed by atoms with Gasteiger partial charge in [-0.1, -0.05) is 88.2 Å². The number of nitrogens with one attached hydrogen (secondary N) is 4. The van der Waals surface area contributed by atoms with Gasteiger partial charge in [-0.25, -0.2) is 4.79 Å². The maximum atomic E-state index is 14.3. The van der Waals surface area contributed by atoms with E-state index in [1.807, 2.05) is 48.5 Å². The standard InChI is InChI=1S/C37H62N6O7/c1-12-15-16-24(29(46)32(48)38-17-13-2)39-31(47)25-18-23(14-3)21-42(25)33(49)30(36(7,8)9)41-34(50)40-26(35(4,5)6)22-43-27(44)19-37(10,11)20-28(43)45/h14,23-26,30H,3,12-13,15-22H2,1-2,4-11H3,(H,38,48)(H,39,47)(H2,40,41,50)/t23-,24?,25+,26-,30-/m1/s1. The summed E-state index contributed by atoms with van der Waals surface area (Å²) < 4.78 is 0. The van der Waals surface area contributed by atoms with Crippen LogP contribution in [0.5, 0.6) is 0 Å². The largest absolute Gasteiger partial charge is 0.349 e. The summed E-state index contributed by atoms with van der Waals surface area (Å²) in [6.45, 7) is 23.0. The first kappa shape index (κ1) is 42.4.